The number of fused-ring (bicyclic) bond motifs is 2. The summed E-state index contributed by atoms with van der Waals surface area (Å²) in [5.74, 6) is -3.50. The fraction of sp³-hybridized carbons (Fsp3) is 0.129. The Kier molecular flexibility index (Phi) is 6.84. The van der Waals surface area contributed by atoms with Gasteiger partial charge in [-0.2, -0.15) is 23.5 Å². The van der Waals surface area contributed by atoms with Gasteiger partial charge in [0.2, 0.25) is 0 Å². The first-order chi connectivity index (χ1) is 21.0. The molecule has 6 rings (SSSR count). The number of amides is 2. The molecule has 13 heteroatoms. The zero-order valence-corrected chi connectivity index (χ0v) is 22.6. The fourth-order valence-corrected chi connectivity index (χ4v) is 5.39. The maximum Gasteiger partial charge on any atom is 0.416 e. The van der Waals surface area contributed by atoms with Crippen molar-refractivity contribution in [3.05, 3.63) is 118 Å². The van der Waals surface area contributed by atoms with Crippen LogP contribution in [0.25, 0.3) is 16.8 Å². The van der Waals surface area contributed by atoms with E-state index < -0.39 is 46.8 Å². The van der Waals surface area contributed by atoms with Crippen LogP contribution in [0, 0.1) is 23.0 Å². The van der Waals surface area contributed by atoms with Gasteiger partial charge in [-0.1, -0.05) is 13.0 Å². The van der Waals surface area contributed by atoms with E-state index in [0.29, 0.717) is 40.9 Å². The van der Waals surface area contributed by atoms with Crippen molar-refractivity contribution in [2.45, 2.75) is 25.6 Å². The number of alkyl halides is 3. The van der Waals surface area contributed by atoms with E-state index in [9.17, 15) is 36.8 Å². The van der Waals surface area contributed by atoms with Crippen molar-refractivity contribution in [2.24, 2.45) is 0 Å². The number of aryl methyl sites for hydroxylation is 1. The van der Waals surface area contributed by atoms with Crippen molar-refractivity contribution in [2.75, 3.05) is 5.32 Å². The topological polar surface area (TPSA) is 112 Å². The summed E-state index contributed by atoms with van der Waals surface area (Å²) in [5, 5.41) is 19.4. The van der Waals surface area contributed by atoms with Gasteiger partial charge in [0.1, 0.15) is 24.0 Å². The van der Waals surface area contributed by atoms with Crippen LogP contribution in [0.5, 0.6) is 0 Å². The van der Waals surface area contributed by atoms with Gasteiger partial charge in [0.05, 0.1) is 11.6 Å². The van der Waals surface area contributed by atoms with Crippen LogP contribution in [0.15, 0.2) is 67.0 Å². The number of nitrogens with zero attached hydrogens (tertiary/aromatic N) is 4. The number of nitrogens with one attached hydrogen (secondary N) is 2. The molecule has 0 fully saturated rings. The number of anilines is 1. The maximum atomic E-state index is 14.4. The number of carbonyl (C=O) groups is 2. The molecule has 0 saturated heterocycles. The Morgan fingerprint density at radius 3 is 2.57 bits per heavy atom. The quantitative estimate of drug-likeness (QED) is 0.232. The average molecular weight is 603 g/mol. The molecule has 220 valence electrons. The van der Waals surface area contributed by atoms with Gasteiger partial charge in [-0.25, -0.2) is 18.3 Å². The predicted molar refractivity (Wildman–Crippen MR) is 148 cm³/mol. The first kappa shape index (κ1) is 28.5. The van der Waals surface area contributed by atoms with Gasteiger partial charge >= 0.3 is 6.18 Å². The summed E-state index contributed by atoms with van der Waals surface area (Å²) in [6, 6.07) is 12.7. The van der Waals surface area contributed by atoms with E-state index in [-0.39, 0.29) is 34.1 Å². The van der Waals surface area contributed by atoms with Crippen LogP contribution >= 0.6 is 0 Å². The van der Waals surface area contributed by atoms with Crippen molar-refractivity contribution < 1.29 is 31.5 Å². The number of halogens is 5. The molecule has 0 aliphatic carbocycles. The van der Waals surface area contributed by atoms with E-state index in [4.69, 9.17) is 0 Å². The molecule has 0 radical (unpaired) electrons. The van der Waals surface area contributed by atoms with Crippen LogP contribution in [0.1, 0.15) is 61.6 Å². The van der Waals surface area contributed by atoms with Gasteiger partial charge in [0.15, 0.2) is 11.3 Å². The van der Waals surface area contributed by atoms with Gasteiger partial charge in [-0.05, 0) is 77.7 Å². The highest BCUT2D eigenvalue weighted by molar-refractivity contribution is 6.09. The Morgan fingerprint density at radius 2 is 1.84 bits per heavy atom. The molecule has 0 spiro atoms. The van der Waals surface area contributed by atoms with Crippen LogP contribution in [0.4, 0.5) is 27.6 Å². The Morgan fingerprint density at radius 1 is 1.05 bits per heavy atom. The van der Waals surface area contributed by atoms with E-state index in [1.807, 2.05) is 6.92 Å². The molecule has 0 unspecified atom stereocenters. The molecular formula is C31H19F5N6O2. The third-order valence-electron chi connectivity index (χ3n) is 7.38. The molecule has 2 amide bonds. The van der Waals surface area contributed by atoms with Crippen LogP contribution < -0.4 is 10.6 Å². The van der Waals surface area contributed by atoms with Gasteiger partial charge in [-0.3, -0.25) is 9.59 Å². The lowest BCUT2D eigenvalue weighted by molar-refractivity contribution is -0.137. The molecule has 5 aromatic rings. The summed E-state index contributed by atoms with van der Waals surface area (Å²) in [6.07, 6.45) is -3.18. The van der Waals surface area contributed by atoms with Crippen LogP contribution in [-0.4, -0.2) is 26.4 Å². The lowest BCUT2D eigenvalue weighted by Gasteiger charge is -2.20. The highest BCUT2D eigenvalue weighted by Gasteiger charge is 2.36. The highest BCUT2D eigenvalue weighted by Crippen LogP contribution is 2.42. The van der Waals surface area contributed by atoms with Gasteiger partial charge in [-0.15, -0.1) is 0 Å². The van der Waals surface area contributed by atoms with Crippen molar-refractivity contribution in [3.63, 3.8) is 0 Å². The number of pyridine rings is 1. The molecule has 3 heterocycles. The predicted octanol–water partition coefficient (Wildman–Crippen LogP) is 6.21. The van der Waals surface area contributed by atoms with Crippen LogP contribution in [-0.2, 0) is 12.6 Å². The molecule has 1 atom stereocenters. The lowest BCUT2D eigenvalue weighted by atomic mass is 9.90. The van der Waals surface area contributed by atoms with E-state index in [0.717, 1.165) is 0 Å². The fourth-order valence-electron chi connectivity index (χ4n) is 5.39. The van der Waals surface area contributed by atoms with Crippen molar-refractivity contribution in [1.29, 1.82) is 5.26 Å². The number of rotatable bonds is 5. The summed E-state index contributed by atoms with van der Waals surface area (Å²) in [7, 11) is 0. The molecule has 2 N–H and O–H groups in total. The molecule has 2 aromatic heterocycles. The standard InChI is InChI=1S/C31H19F5N6O2/c1-2-15-3-4-19(32)12-22(15)28-27-23(30(44)41-28)9-16(21-5-6-26-38-14-39-42(26)25(21)13-37)10-24(27)40-29(43)17-7-18(31(34,35)36)11-20(33)8-17/h3-12,14,28H,2H2,1H3,(H,40,43)(H,41,44)/t28-/m1/s1. The Bertz CT molecular complexity index is 2050. The molecule has 8 nitrogen and oxygen atoms in total. The van der Waals surface area contributed by atoms with Crippen molar-refractivity contribution in [1.82, 2.24) is 19.9 Å². The van der Waals surface area contributed by atoms with Gasteiger partial charge in [0.25, 0.3) is 11.8 Å². The summed E-state index contributed by atoms with van der Waals surface area (Å²) in [5.41, 5.74) is 0.455. The highest BCUT2D eigenvalue weighted by atomic mass is 19.4. The monoisotopic (exact) mass is 602 g/mol. The van der Waals surface area contributed by atoms with Crippen LogP contribution in [0.2, 0.25) is 0 Å². The number of carbonyl (C=O) groups excluding carboxylic acids is 2. The zero-order chi connectivity index (χ0) is 31.3. The zero-order valence-electron chi connectivity index (χ0n) is 22.6. The minimum atomic E-state index is -4.92. The largest absolute Gasteiger partial charge is 0.416 e. The van der Waals surface area contributed by atoms with E-state index >= 15 is 0 Å². The molecule has 1 aliphatic rings. The van der Waals surface area contributed by atoms with E-state index in [1.54, 1.807) is 18.2 Å². The second-order valence-electron chi connectivity index (χ2n) is 10.0. The second-order valence-corrected chi connectivity index (χ2v) is 10.0. The second kappa shape index (κ2) is 10.6. The molecule has 0 bridgehead atoms. The molecule has 44 heavy (non-hydrogen) atoms. The number of nitriles is 1. The molecule has 1 aliphatic heterocycles. The van der Waals surface area contributed by atoms with Gasteiger partial charge in [0, 0.05) is 27.9 Å². The normalized spacial score (nSPS) is 14.3. The summed E-state index contributed by atoms with van der Waals surface area (Å²) in [4.78, 5) is 30.8. The van der Waals surface area contributed by atoms with E-state index in [2.05, 4.69) is 26.8 Å². The minimum absolute atomic E-state index is 0.0161. The first-order valence-corrected chi connectivity index (χ1v) is 13.2. The number of hydrogen-bond donors (Lipinski definition) is 2. The average Bonchev–Trinajstić information content (AvgIpc) is 3.60. The summed E-state index contributed by atoms with van der Waals surface area (Å²) in [6.45, 7) is 1.84. The Labute approximate surface area is 245 Å². The number of benzene rings is 3. The third-order valence-corrected chi connectivity index (χ3v) is 7.38. The molecule has 3 aromatic carbocycles. The maximum absolute atomic E-state index is 14.4. The smallest absolute Gasteiger partial charge is 0.341 e. The Hall–Kier alpha value is -5.64. The third kappa shape index (κ3) is 4.90. The molecule has 0 saturated carbocycles. The van der Waals surface area contributed by atoms with Crippen LogP contribution in [0.3, 0.4) is 0 Å². The summed E-state index contributed by atoms with van der Waals surface area (Å²) < 4.78 is 70.1. The first-order valence-electron chi connectivity index (χ1n) is 13.2. The van der Waals surface area contributed by atoms with Crippen molar-refractivity contribution >= 4 is 23.1 Å². The van der Waals surface area contributed by atoms with E-state index in [1.165, 1.54) is 35.1 Å². The Balaban J connectivity index is 1.56. The number of hydrogen-bond acceptors (Lipinski definition) is 5. The minimum Gasteiger partial charge on any atom is -0.341 e. The molecular weight excluding hydrogens is 583 g/mol. The summed E-state index contributed by atoms with van der Waals surface area (Å²) >= 11 is 0. The van der Waals surface area contributed by atoms with Crippen molar-refractivity contribution in [3.8, 4) is 17.2 Å². The van der Waals surface area contributed by atoms with Gasteiger partial charge < -0.3 is 10.6 Å². The SMILES string of the molecule is CCc1ccc(F)cc1[C@H]1NC(=O)c2cc(-c3ccc4ncnn4c3C#N)cc(NC(=O)c3cc(F)cc(C(F)(F)F)c3)c21. The number of aromatic nitrogens is 3. The lowest BCUT2D eigenvalue weighted by Crippen LogP contribution is -2.22.